The zero-order chi connectivity index (χ0) is 10.9. The van der Waals surface area contributed by atoms with Gasteiger partial charge in [0, 0.05) is 11.4 Å². The lowest BCUT2D eigenvalue weighted by atomic mass is 10.1. The highest BCUT2D eigenvalue weighted by atomic mass is 35.5. The number of hydrogen-bond donors (Lipinski definition) is 1. The van der Waals surface area contributed by atoms with E-state index in [1.165, 1.54) is 0 Å². The van der Waals surface area contributed by atoms with Crippen LogP contribution >= 0.6 is 11.6 Å². The fourth-order valence-corrected chi connectivity index (χ4v) is 1.79. The largest absolute Gasteiger partial charge is 0.345 e. The van der Waals surface area contributed by atoms with E-state index in [2.05, 4.69) is 5.32 Å². The summed E-state index contributed by atoms with van der Waals surface area (Å²) in [4.78, 5) is 11.8. The summed E-state index contributed by atoms with van der Waals surface area (Å²) in [6, 6.07) is 7.56. The maximum Gasteiger partial charge on any atom is 0.251 e. The maximum absolute atomic E-state index is 11.8. The number of hydrogen-bond acceptors (Lipinski definition) is 1. The van der Waals surface area contributed by atoms with E-state index in [1.807, 2.05) is 31.2 Å². The molecule has 1 N–H and O–H groups in total. The van der Waals surface area contributed by atoms with Gasteiger partial charge in [0.25, 0.3) is 5.91 Å². The minimum absolute atomic E-state index is 0.0202. The lowest BCUT2D eigenvalue weighted by Gasteiger charge is -2.13. The Morgan fingerprint density at radius 2 is 2.00 bits per heavy atom. The van der Waals surface area contributed by atoms with Gasteiger partial charge in [-0.25, -0.2) is 0 Å². The first-order valence-electron chi connectivity index (χ1n) is 5.10. The second-order valence-corrected chi connectivity index (χ2v) is 4.50. The van der Waals surface area contributed by atoms with Gasteiger partial charge in [0.1, 0.15) is 0 Å². The summed E-state index contributed by atoms with van der Waals surface area (Å²) in [6.07, 6.45) is 1.99. The summed E-state index contributed by atoms with van der Waals surface area (Å²) in [5, 5.41) is 2.98. The second-order valence-electron chi connectivity index (χ2n) is 4.23. The third-order valence-electron chi connectivity index (χ3n) is 2.80. The number of aryl methyl sites for hydroxylation is 1. The molecule has 0 spiro atoms. The number of carbonyl (C=O) groups is 1. The molecule has 0 atom stereocenters. The third kappa shape index (κ3) is 2.32. The van der Waals surface area contributed by atoms with Crippen LogP contribution in [0.5, 0.6) is 0 Å². The molecule has 0 unspecified atom stereocenters. The standard InChI is InChI=1S/C12H14ClNO/c1-9-2-4-10(5-3-9)11(15)14-12(8-13)6-7-12/h2-5H,6-8H2,1H3,(H,14,15). The Morgan fingerprint density at radius 1 is 1.40 bits per heavy atom. The van der Waals surface area contributed by atoms with Gasteiger partial charge in [-0.15, -0.1) is 11.6 Å². The molecule has 1 aromatic rings. The van der Waals surface area contributed by atoms with E-state index in [0.29, 0.717) is 11.4 Å². The van der Waals surface area contributed by atoms with Crippen LogP contribution in [0.2, 0.25) is 0 Å². The Balaban J connectivity index is 2.05. The summed E-state index contributed by atoms with van der Waals surface area (Å²) < 4.78 is 0. The first kappa shape index (κ1) is 10.5. The summed E-state index contributed by atoms with van der Waals surface area (Å²) in [7, 11) is 0. The number of carbonyl (C=O) groups excluding carboxylic acids is 1. The molecule has 0 heterocycles. The first-order chi connectivity index (χ1) is 7.15. The van der Waals surface area contributed by atoms with Crippen molar-refractivity contribution in [3.8, 4) is 0 Å². The number of benzene rings is 1. The van der Waals surface area contributed by atoms with Crippen LogP contribution in [-0.2, 0) is 0 Å². The summed E-state index contributed by atoms with van der Waals surface area (Å²) in [5.74, 6) is 0.484. The first-order valence-corrected chi connectivity index (χ1v) is 5.64. The fraction of sp³-hybridized carbons (Fsp3) is 0.417. The molecule has 80 valence electrons. The van der Waals surface area contributed by atoms with Crippen molar-refractivity contribution in [1.29, 1.82) is 0 Å². The summed E-state index contributed by atoms with van der Waals surface area (Å²) >= 11 is 5.80. The molecule has 2 rings (SSSR count). The molecule has 0 aliphatic heterocycles. The van der Waals surface area contributed by atoms with Crippen molar-refractivity contribution >= 4 is 17.5 Å². The molecular weight excluding hydrogens is 210 g/mol. The number of rotatable bonds is 3. The Kier molecular flexibility index (Phi) is 2.70. The zero-order valence-corrected chi connectivity index (χ0v) is 9.47. The van der Waals surface area contributed by atoms with E-state index in [4.69, 9.17) is 11.6 Å². The van der Waals surface area contributed by atoms with E-state index in [1.54, 1.807) is 0 Å². The van der Waals surface area contributed by atoms with Gasteiger partial charge < -0.3 is 5.32 Å². The van der Waals surface area contributed by atoms with Crippen LogP contribution < -0.4 is 5.32 Å². The van der Waals surface area contributed by atoms with Crippen LogP contribution in [0.1, 0.15) is 28.8 Å². The van der Waals surface area contributed by atoms with Crippen LogP contribution in [0.15, 0.2) is 24.3 Å². The minimum Gasteiger partial charge on any atom is -0.345 e. The van der Waals surface area contributed by atoms with E-state index >= 15 is 0 Å². The topological polar surface area (TPSA) is 29.1 Å². The van der Waals surface area contributed by atoms with Gasteiger partial charge in [0.15, 0.2) is 0 Å². The molecule has 1 aliphatic carbocycles. The van der Waals surface area contributed by atoms with Gasteiger partial charge in [0.2, 0.25) is 0 Å². The average molecular weight is 224 g/mol. The molecular formula is C12H14ClNO. The Bertz CT molecular complexity index is 368. The van der Waals surface area contributed by atoms with Crippen molar-refractivity contribution in [2.45, 2.75) is 25.3 Å². The van der Waals surface area contributed by atoms with Crippen molar-refractivity contribution in [1.82, 2.24) is 5.32 Å². The smallest absolute Gasteiger partial charge is 0.251 e. The summed E-state index contributed by atoms with van der Waals surface area (Å²) in [5.41, 5.74) is 1.74. The van der Waals surface area contributed by atoms with Crippen molar-refractivity contribution in [3.63, 3.8) is 0 Å². The van der Waals surface area contributed by atoms with Gasteiger partial charge in [0.05, 0.1) is 5.54 Å². The number of nitrogens with one attached hydrogen (secondary N) is 1. The highest BCUT2D eigenvalue weighted by molar-refractivity contribution is 6.19. The SMILES string of the molecule is Cc1ccc(C(=O)NC2(CCl)CC2)cc1. The normalized spacial score (nSPS) is 17.2. The number of amides is 1. The average Bonchev–Trinajstić information content (AvgIpc) is 2.99. The van der Waals surface area contributed by atoms with Crippen LogP contribution in [0.25, 0.3) is 0 Å². The van der Waals surface area contributed by atoms with Crippen molar-refractivity contribution in [2.75, 3.05) is 5.88 Å². The molecule has 2 nitrogen and oxygen atoms in total. The van der Waals surface area contributed by atoms with E-state index in [-0.39, 0.29) is 11.4 Å². The van der Waals surface area contributed by atoms with E-state index in [0.717, 1.165) is 18.4 Å². The van der Waals surface area contributed by atoms with E-state index < -0.39 is 0 Å². The molecule has 15 heavy (non-hydrogen) atoms. The number of alkyl halides is 1. The molecule has 0 aromatic heterocycles. The fourth-order valence-electron chi connectivity index (χ4n) is 1.46. The lowest BCUT2D eigenvalue weighted by Crippen LogP contribution is -2.38. The van der Waals surface area contributed by atoms with Crippen molar-refractivity contribution in [2.24, 2.45) is 0 Å². The molecule has 1 aromatic carbocycles. The minimum atomic E-state index is -0.122. The summed E-state index contributed by atoms with van der Waals surface area (Å²) in [6.45, 7) is 2.00. The molecule has 1 aliphatic rings. The van der Waals surface area contributed by atoms with Gasteiger partial charge >= 0.3 is 0 Å². The van der Waals surface area contributed by atoms with Crippen molar-refractivity contribution < 1.29 is 4.79 Å². The van der Waals surface area contributed by atoms with Gasteiger partial charge in [-0.2, -0.15) is 0 Å². The monoisotopic (exact) mass is 223 g/mol. The predicted octanol–water partition coefficient (Wildman–Crippen LogP) is 2.50. The molecule has 0 radical (unpaired) electrons. The molecule has 1 amide bonds. The van der Waals surface area contributed by atoms with Gasteiger partial charge in [-0.3, -0.25) is 4.79 Å². The van der Waals surface area contributed by atoms with Crippen LogP contribution in [0, 0.1) is 6.92 Å². The predicted molar refractivity (Wildman–Crippen MR) is 61.3 cm³/mol. The second kappa shape index (κ2) is 3.86. The molecule has 3 heteroatoms. The lowest BCUT2D eigenvalue weighted by molar-refractivity contribution is 0.0936. The van der Waals surface area contributed by atoms with Crippen LogP contribution in [-0.4, -0.2) is 17.3 Å². The van der Waals surface area contributed by atoms with Gasteiger partial charge in [-0.1, -0.05) is 17.7 Å². The Morgan fingerprint density at radius 3 is 2.47 bits per heavy atom. The third-order valence-corrected chi connectivity index (χ3v) is 3.31. The van der Waals surface area contributed by atoms with Crippen molar-refractivity contribution in [3.05, 3.63) is 35.4 Å². The molecule has 1 saturated carbocycles. The highest BCUT2D eigenvalue weighted by Gasteiger charge is 2.43. The Hall–Kier alpha value is -1.02. The quantitative estimate of drug-likeness (QED) is 0.784. The van der Waals surface area contributed by atoms with E-state index in [9.17, 15) is 4.79 Å². The van der Waals surface area contributed by atoms with Crippen LogP contribution in [0.4, 0.5) is 0 Å². The number of halogens is 1. The Labute approximate surface area is 94.6 Å². The molecule has 0 saturated heterocycles. The molecule has 1 fully saturated rings. The zero-order valence-electron chi connectivity index (χ0n) is 8.72. The van der Waals surface area contributed by atoms with Crippen LogP contribution in [0.3, 0.4) is 0 Å². The maximum atomic E-state index is 11.8. The highest BCUT2D eigenvalue weighted by Crippen LogP contribution is 2.36. The molecule has 0 bridgehead atoms. The van der Waals surface area contributed by atoms with Gasteiger partial charge in [-0.05, 0) is 31.9 Å².